The number of piperazine rings is 1. The molecular weight excluding hydrogens is 378 g/mol. The van der Waals surface area contributed by atoms with E-state index in [2.05, 4.69) is 48.3 Å². The molecule has 1 fully saturated rings. The average Bonchev–Trinajstić information content (AvgIpc) is 2.74. The second-order valence-electron chi connectivity index (χ2n) is 8.69. The first-order chi connectivity index (χ1) is 14.4. The monoisotopic (exact) mass is 407 g/mol. The van der Waals surface area contributed by atoms with Gasteiger partial charge in [-0.15, -0.1) is 0 Å². The number of rotatable bonds is 5. The van der Waals surface area contributed by atoms with Gasteiger partial charge >= 0.3 is 0 Å². The lowest BCUT2D eigenvalue weighted by atomic mass is 9.97. The van der Waals surface area contributed by atoms with E-state index in [1.54, 1.807) is 6.07 Å². The molecule has 0 aromatic heterocycles. The molecule has 0 radical (unpaired) electrons. The van der Waals surface area contributed by atoms with Gasteiger partial charge in [-0.05, 0) is 49.6 Å². The molecule has 30 heavy (non-hydrogen) atoms. The highest BCUT2D eigenvalue weighted by atomic mass is 16.5. The lowest BCUT2D eigenvalue weighted by molar-refractivity contribution is -0.138. The fourth-order valence-electron chi connectivity index (χ4n) is 4.19. The molecule has 6 nitrogen and oxygen atoms in total. The van der Waals surface area contributed by atoms with Crippen LogP contribution in [0.15, 0.2) is 48.5 Å². The first-order valence-corrected chi connectivity index (χ1v) is 10.5. The van der Waals surface area contributed by atoms with Gasteiger partial charge in [0.25, 0.3) is 5.91 Å². The molecule has 0 unspecified atom stereocenters. The third kappa shape index (κ3) is 4.65. The smallest absolute Gasteiger partial charge is 0.260 e. The Kier molecular flexibility index (Phi) is 5.77. The van der Waals surface area contributed by atoms with Crippen molar-refractivity contribution in [2.24, 2.45) is 0 Å². The molecule has 2 aromatic carbocycles. The number of hydrogen-bond donors (Lipinski definition) is 1. The molecule has 0 aliphatic carbocycles. The van der Waals surface area contributed by atoms with Crippen LogP contribution in [-0.2, 0) is 22.6 Å². The van der Waals surface area contributed by atoms with Gasteiger partial charge in [-0.3, -0.25) is 14.5 Å². The van der Waals surface area contributed by atoms with Gasteiger partial charge in [0.05, 0.1) is 0 Å². The quantitative estimate of drug-likeness (QED) is 0.828. The lowest BCUT2D eigenvalue weighted by Gasteiger charge is -2.47. The highest BCUT2D eigenvalue weighted by Gasteiger charge is 2.35. The first kappa shape index (κ1) is 20.4. The first-order valence-electron chi connectivity index (χ1n) is 10.5. The second kappa shape index (κ2) is 8.48. The number of nitrogens with zero attached hydrogens (tertiary/aromatic N) is 2. The van der Waals surface area contributed by atoms with E-state index in [0.717, 1.165) is 24.3 Å². The number of hydrogen-bond acceptors (Lipinski definition) is 4. The molecule has 4 rings (SSSR count). The Labute approximate surface area is 177 Å². The Morgan fingerprint density at radius 2 is 1.90 bits per heavy atom. The van der Waals surface area contributed by atoms with Gasteiger partial charge in [-0.1, -0.05) is 30.3 Å². The van der Waals surface area contributed by atoms with Crippen molar-refractivity contribution in [2.45, 2.75) is 38.8 Å². The van der Waals surface area contributed by atoms with E-state index < -0.39 is 0 Å². The minimum atomic E-state index is -0.103. The van der Waals surface area contributed by atoms with Crippen LogP contribution in [0.3, 0.4) is 0 Å². The van der Waals surface area contributed by atoms with Crippen molar-refractivity contribution in [1.29, 1.82) is 0 Å². The molecule has 2 aromatic rings. The highest BCUT2D eigenvalue weighted by molar-refractivity contribution is 5.94. The summed E-state index contributed by atoms with van der Waals surface area (Å²) in [7, 11) is 0. The number of aryl methyl sites for hydroxylation is 1. The lowest BCUT2D eigenvalue weighted by Crippen LogP contribution is -2.60. The van der Waals surface area contributed by atoms with Crippen LogP contribution in [0.4, 0.5) is 5.69 Å². The number of amides is 2. The van der Waals surface area contributed by atoms with Crippen molar-refractivity contribution >= 4 is 17.5 Å². The maximum atomic E-state index is 12.8. The predicted octanol–water partition coefficient (Wildman–Crippen LogP) is 3.07. The molecule has 6 heteroatoms. The number of anilines is 1. The third-order valence-electron chi connectivity index (χ3n) is 5.98. The molecule has 0 spiro atoms. The summed E-state index contributed by atoms with van der Waals surface area (Å²) in [5, 5.41) is 2.86. The van der Waals surface area contributed by atoms with Gasteiger partial charge in [0.15, 0.2) is 6.61 Å². The summed E-state index contributed by atoms with van der Waals surface area (Å²) in [6.07, 6.45) is 1.18. The van der Waals surface area contributed by atoms with Crippen molar-refractivity contribution in [1.82, 2.24) is 9.80 Å². The summed E-state index contributed by atoms with van der Waals surface area (Å²) < 4.78 is 5.79. The summed E-state index contributed by atoms with van der Waals surface area (Å²) in [6.45, 7) is 7.51. The number of carbonyl (C=O) groups is 2. The highest BCUT2D eigenvalue weighted by Crippen LogP contribution is 2.27. The molecular formula is C24H29N3O3. The second-order valence-corrected chi connectivity index (χ2v) is 8.69. The van der Waals surface area contributed by atoms with Gasteiger partial charge in [0, 0.05) is 43.8 Å². The van der Waals surface area contributed by atoms with E-state index in [0.29, 0.717) is 31.7 Å². The predicted molar refractivity (Wildman–Crippen MR) is 116 cm³/mol. The van der Waals surface area contributed by atoms with Gasteiger partial charge in [0.1, 0.15) is 5.75 Å². The van der Waals surface area contributed by atoms with Crippen molar-refractivity contribution in [3.8, 4) is 5.75 Å². The van der Waals surface area contributed by atoms with E-state index in [1.807, 2.05) is 23.1 Å². The zero-order valence-corrected chi connectivity index (χ0v) is 17.7. The standard InChI is InChI=1S/C24H29N3O3/c1-24(2)17-26(12-13-27(24)15-18-6-4-3-5-7-18)23(29)16-30-20-9-10-21-19(14-20)8-11-22(28)25-21/h3-7,9-10,14H,8,11-13,15-17H2,1-2H3,(H,25,28). The zero-order chi connectivity index (χ0) is 21.1. The Balaban J connectivity index is 1.32. The molecule has 2 amide bonds. The molecule has 158 valence electrons. The van der Waals surface area contributed by atoms with E-state index in [9.17, 15) is 9.59 Å². The van der Waals surface area contributed by atoms with Gasteiger partial charge in [-0.2, -0.15) is 0 Å². The summed E-state index contributed by atoms with van der Waals surface area (Å²) in [5.74, 6) is 0.717. The number of fused-ring (bicyclic) bond motifs is 1. The van der Waals surface area contributed by atoms with Crippen LogP contribution >= 0.6 is 0 Å². The van der Waals surface area contributed by atoms with Crippen LogP contribution in [-0.4, -0.2) is 53.4 Å². The molecule has 0 atom stereocenters. The number of carbonyl (C=O) groups excluding carboxylic acids is 2. The minimum Gasteiger partial charge on any atom is -0.484 e. The normalized spacial score (nSPS) is 18.5. The number of nitrogens with one attached hydrogen (secondary N) is 1. The van der Waals surface area contributed by atoms with E-state index in [-0.39, 0.29) is 24.0 Å². The third-order valence-corrected chi connectivity index (χ3v) is 5.98. The summed E-state index contributed by atoms with van der Waals surface area (Å²) >= 11 is 0. The molecule has 2 aliphatic rings. The molecule has 1 N–H and O–H groups in total. The van der Waals surface area contributed by atoms with Crippen molar-refractivity contribution in [2.75, 3.05) is 31.6 Å². The summed E-state index contributed by atoms with van der Waals surface area (Å²) in [4.78, 5) is 28.6. The fraction of sp³-hybridized carbons (Fsp3) is 0.417. The zero-order valence-electron chi connectivity index (χ0n) is 17.7. The van der Waals surface area contributed by atoms with Gasteiger partial charge < -0.3 is 15.0 Å². The number of ether oxygens (including phenoxy) is 1. The van der Waals surface area contributed by atoms with Crippen LogP contribution in [0.1, 0.15) is 31.4 Å². The average molecular weight is 408 g/mol. The Morgan fingerprint density at radius 3 is 2.67 bits per heavy atom. The fourth-order valence-corrected chi connectivity index (χ4v) is 4.19. The number of benzene rings is 2. The molecule has 0 saturated carbocycles. The van der Waals surface area contributed by atoms with Crippen LogP contribution in [0, 0.1) is 0 Å². The Bertz CT molecular complexity index is 927. The largest absolute Gasteiger partial charge is 0.484 e. The minimum absolute atomic E-state index is 0.00783. The van der Waals surface area contributed by atoms with Crippen molar-refractivity contribution in [3.05, 3.63) is 59.7 Å². The SMILES string of the molecule is CC1(C)CN(C(=O)COc2ccc3c(c2)CCC(=O)N3)CCN1Cc1ccccc1. The van der Waals surface area contributed by atoms with Gasteiger partial charge in [-0.25, -0.2) is 0 Å². The Morgan fingerprint density at radius 1 is 1.10 bits per heavy atom. The molecule has 0 bridgehead atoms. The van der Waals surface area contributed by atoms with E-state index in [1.165, 1.54) is 5.56 Å². The van der Waals surface area contributed by atoms with Crippen LogP contribution in [0.2, 0.25) is 0 Å². The maximum absolute atomic E-state index is 12.8. The van der Waals surface area contributed by atoms with Gasteiger partial charge in [0.2, 0.25) is 5.91 Å². The van der Waals surface area contributed by atoms with E-state index >= 15 is 0 Å². The van der Waals surface area contributed by atoms with Crippen molar-refractivity contribution in [3.63, 3.8) is 0 Å². The summed E-state index contributed by atoms with van der Waals surface area (Å²) in [6, 6.07) is 16.0. The summed E-state index contributed by atoms with van der Waals surface area (Å²) in [5.41, 5.74) is 3.07. The molecule has 1 saturated heterocycles. The topological polar surface area (TPSA) is 61.9 Å². The van der Waals surface area contributed by atoms with Crippen LogP contribution in [0.5, 0.6) is 5.75 Å². The molecule has 2 heterocycles. The maximum Gasteiger partial charge on any atom is 0.260 e. The Hall–Kier alpha value is -2.86. The van der Waals surface area contributed by atoms with E-state index in [4.69, 9.17) is 4.74 Å². The van der Waals surface area contributed by atoms with Crippen LogP contribution < -0.4 is 10.1 Å². The molecule has 2 aliphatic heterocycles. The van der Waals surface area contributed by atoms with Crippen molar-refractivity contribution < 1.29 is 14.3 Å². The van der Waals surface area contributed by atoms with Crippen LogP contribution in [0.25, 0.3) is 0 Å².